The van der Waals surface area contributed by atoms with Crippen molar-refractivity contribution in [1.82, 2.24) is 15.4 Å². The van der Waals surface area contributed by atoms with Gasteiger partial charge in [-0.05, 0) is 28.8 Å². The zero-order valence-electron chi connectivity index (χ0n) is 12.5. The molecule has 0 aliphatic rings. The first-order chi connectivity index (χ1) is 11.8. The number of hydrogen-bond donors (Lipinski definition) is 1. The van der Waals surface area contributed by atoms with Crippen molar-refractivity contribution in [2.45, 2.75) is 6.61 Å². The second-order valence-corrected chi connectivity index (χ2v) is 4.57. The second kappa shape index (κ2) is 8.63. The lowest BCUT2D eigenvalue weighted by molar-refractivity contribution is -0.191. The molecule has 0 radical (unpaired) electrons. The number of ether oxygens (including phenoxy) is 1. The van der Waals surface area contributed by atoms with Gasteiger partial charge in [-0.1, -0.05) is 36.4 Å². The molecule has 0 spiro atoms. The highest BCUT2D eigenvalue weighted by Crippen LogP contribution is 2.20. The largest absolute Gasteiger partial charge is 0.471 e. The van der Waals surface area contributed by atoms with E-state index in [2.05, 4.69) is 21.5 Å². The van der Waals surface area contributed by atoms with Gasteiger partial charge in [-0.25, -0.2) is 0 Å². The Balaban J connectivity index is 0.000000647. The number of aromatic amines is 1. The predicted molar refractivity (Wildman–Crippen MR) is 82.3 cm³/mol. The Morgan fingerprint density at radius 1 is 1.00 bits per heavy atom. The fourth-order valence-electron chi connectivity index (χ4n) is 1.95. The topological polar surface area (TPSA) is 109 Å². The summed E-state index contributed by atoms with van der Waals surface area (Å²) in [5.41, 5.74) is 3.90. The van der Waals surface area contributed by atoms with Gasteiger partial charge in [-0.15, -0.1) is 5.10 Å². The van der Waals surface area contributed by atoms with Crippen molar-refractivity contribution in [2.75, 3.05) is 0 Å². The molecule has 0 aliphatic carbocycles. The molecule has 0 aliphatic heterocycles. The Morgan fingerprint density at radius 2 is 1.58 bits per heavy atom. The fraction of sp³-hybridized carbons (Fsp3) is 0.0588. The fourth-order valence-corrected chi connectivity index (χ4v) is 1.95. The van der Waals surface area contributed by atoms with Gasteiger partial charge in [0.05, 0.1) is 11.6 Å². The number of aromatic nitrogens is 3. The molecule has 0 amide bonds. The number of nitrogens with zero attached hydrogens (tertiary/aromatic N) is 3. The Hall–Kier alpha value is -3.75. The molecule has 1 heterocycles. The number of rotatable bonds is 4. The lowest BCUT2D eigenvalue weighted by Crippen LogP contribution is -1.95. The zero-order valence-corrected chi connectivity index (χ0v) is 12.5. The van der Waals surface area contributed by atoms with Gasteiger partial charge in [-0.2, -0.15) is 25.2 Å². The average molecular weight is 320 g/mol. The standard InChI is InChI=1S/C16H12N4O.CO2/c17-9-12-1-5-14(6-2-12)15-7-3-13(4-8-15)11-21-16-10-18-20-19-16;2-1-3/h1-8,10H,11H2,(H,18,19,20);. The smallest absolute Gasteiger partial charge is 0.373 e. The summed E-state index contributed by atoms with van der Waals surface area (Å²) in [5, 5.41) is 18.8. The molecule has 0 unspecified atom stereocenters. The van der Waals surface area contributed by atoms with Crippen LogP contribution in [-0.4, -0.2) is 21.6 Å². The first-order valence-electron chi connectivity index (χ1n) is 6.84. The van der Waals surface area contributed by atoms with E-state index in [0.717, 1.165) is 16.7 Å². The van der Waals surface area contributed by atoms with E-state index in [1.54, 1.807) is 0 Å². The van der Waals surface area contributed by atoms with Crippen LogP contribution >= 0.6 is 0 Å². The summed E-state index contributed by atoms with van der Waals surface area (Å²) in [6, 6.07) is 17.7. The SMILES string of the molecule is N#Cc1ccc(-c2ccc(COc3cn[nH]n3)cc2)cc1.O=C=O. The lowest BCUT2D eigenvalue weighted by Gasteiger charge is -2.05. The molecular formula is C17H12N4O3. The first kappa shape index (κ1) is 16.6. The van der Waals surface area contributed by atoms with Crippen LogP contribution in [0.4, 0.5) is 0 Å². The summed E-state index contributed by atoms with van der Waals surface area (Å²) in [6.45, 7) is 0.445. The van der Waals surface area contributed by atoms with Crippen LogP contribution in [0, 0.1) is 11.3 Å². The van der Waals surface area contributed by atoms with E-state index in [0.29, 0.717) is 18.1 Å². The molecule has 0 fully saturated rings. The van der Waals surface area contributed by atoms with Gasteiger partial charge in [0.2, 0.25) is 0 Å². The maximum absolute atomic E-state index is 8.80. The first-order valence-corrected chi connectivity index (χ1v) is 6.84. The normalized spacial score (nSPS) is 9.12. The van der Waals surface area contributed by atoms with Gasteiger partial charge in [-0.3, -0.25) is 0 Å². The molecule has 1 N–H and O–H groups in total. The summed E-state index contributed by atoms with van der Waals surface area (Å²) < 4.78 is 5.47. The van der Waals surface area contributed by atoms with E-state index >= 15 is 0 Å². The number of H-pyrrole nitrogens is 1. The summed E-state index contributed by atoms with van der Waals surface area (Å²) in [4.78, 5) is 16.2. The third-order valence-electron chi connectivity index (χ3n) is 3.08. The highest BCUT2D eigenvalue weighted by molar-refractivity contribution is 5.64. The second-order valence-electron chi connectivity index (χ2n) is 4.57. The van der Waals surface area contributed by atoms with Crippen molar-refractivity contribution < 1.29 is 14.3 Å². The van der Waals surface area contributed by atoms with Crippen LogP contribution in [0.2, 0.25) is 0 Å². The van der Waals surface area contributed by atoms with Gasteiger partial charge in [0.1, 0.15) is 12.8 Å². The number of nitrogens with one attached hydrogen (secondary N) is 1. The van der Waals surface area contributed by atoms with Crippen molar-refractivity contribution in [1.29, 1.82) is 5.26 Å². The molecule has 2 aromatic carbocycles. The van der Waals surface area contributed by atoms with Gasteiger partial charge >= 0.3 is 6.15 Å². The highest BCUT2D eigenvalue weighted by Gasteiger charge is 2.01. The van der Waals surface area contributed by atoms with Crippen LogP contribution in [-0.2, 0) is 16.2 Å². The monoisotopic (exact) mass is 320 g/mol. The van der Waals surface area contributed by atoms with Crippen LogP contribution in [0.1, 0.15) is 11.1 Å². The number of hydrogen-bond acceptors (Lipinski definition) is 6. The quantitative estimate of drug-likeness (QED) is 0.790. The third kappa shape index (κ3) is 4.63. The molecule has 0 bridgehead atoms. The van der Waals surface area contributed by atoms with Crippen molar-refractivity contribution >= 4 is 6.15 Å². The minimum Gasteiger partial charge on any atom is -0.471 e. The Kier molecular flexibility index (Phi) is 5.98. The molecule has 0 saturated carbocycles. The maximum atomic E-state index is 8.80. The van der Waals surface area contributed by atoms with Crippen molar-refractivity contribution in [3.63, 3.8) is 0 Å². The van der Waals surface area contributed by atoms with E-state index in [1.807, 2.05) is 48.5 Å². The highest BCUT2D eigenvalue weighted by atomic mass is 16.5. The maximum Gasteiger partial charge on any atom is 0.373 e. The number of nitriles is 1. The molecule has 7 nitrogen and oxygen atoms in total. The average Bonchev–Trinajstić information content (AvgIpc) is 3.15. The summed E-state index contributed by atoms with van der Waals surface area (Å²) in [5.74, 6) is 0.478. The van der Waals surface area contributed by atoms with Gasteiger partial charge in [0.15, 0.2) is 0 Å². The molecule has 7 heteroatoms. The third-order valence-corrected chi connectivity index (χ3v) is 3.08. The Morgan fingerprint density at radius 3 is 2.08 bits per heavy atom. The van der Waals surface area contributed by atoms with Crippen molar-refractivity contribution in [3.8, 4) is 23.1 Å². The molecule has 118 valence electrons. The van der Waals surface area contributed by atoms with Crippen LogP contribution in [0.15, 0.2) is 54.7 Å². The van der Waals surface area contributed by atoms with E-state index in [-0.39, 0.29) is 6.15 Å². The molecule has 0 atom stereocenters. The van der Waals surface area contributed by atoms with E-state index in [1.165, 1.54) is 6.20 Å². The molecule has 3 rings (SSSR count). The number of carbonyl (C=O) groups excluding carboxylic acids is 2. The van der Waals surface area contributed by atoms with Crippen LogP contribution in [0.25, 0.3) is 11.1 Å². The summed E-state index contributed by atoms with van der Waals surface area (Å²) in [7, 11) is 0. The van der Waals surface area contributed by atoms with E-state index in [9.17, 15) is 0 Å². The van der Waals surface area contributed by atoms with E-state index in [4.69, 9.17) is 19.6 Å². The molecule has 1 aromatic heterocycles. The molecule has 24 heavy (non-hydrogen) atoms. The van der Waals surface area contributed by atoms with Gasteiger partial charge in [0.25, 0.3) is 5.88 Å². The molecule has 0 saturated heterocycles. The number of benzene rings is 2. The van der Waals surface area contributed by atoms with Gasteiger partial charge in [0, 0.05) is 0 Å². The van der Waals surface area contributed by atoms with Crippen LogP contribution in [0.3, 0.4) is 0 Å². The van der Waals surface area contributed by atoms with Crippen LogP contribution < -0.4 is 4.74 Å². The summed E-state index contributed by atoms with van der Waals surface area (Å²) in [6.07, 6.45) is 1.78. The summed E-state index contributed by atoms with van der Waals surface area (Å²) >= 11 is 0. The minimum absolute atomic E-state index is 0.250. The molecular weight excluding hydrogens is 308 g/mol. The minimum atomic E-state index is 0.250. The van der Waals surface area contributed by atoms with Crippen molar-refractivity contribution in [2.24, 2.45) is 0 Å². The van der Waals surface area contributed by atoms with E-state index < -0.39 is 0 Å². The van der Waals surface area contributed by atoms with Crippen LogP contribution in [0.5, 0.6) is 5.88 Å². The zero-order chi connectivity index (χ0) is 17.2. The Labute approximate surface area is 137 Å². The van der Waals surface area contributed by atoms with Crippen molar-refractivity contribution in [3.05, 3.63) is 65.9 Å². The van der Waals surface area contributed by atoms with Gasteiger partial charge < -0.3 is 4.74 Å². The molecule has 3 aromatic rings. The predicted octanol–water partition coefficient (Wildman–Crippen LogP) is 2.34. The Bertz CT molecular complexity index is 829. The lowest BCUT2D eigenvalue weighted by atomic mass is 10.0.